The summed E-state index contributed by atoms with van der Waals surface area (Å²) >= 11 is 0. The molecule has 0 N–H and O–H groups in total. The number of carbonyl (C=O) groups is 2. The lowest BCUT2D eigenvalue weighted by molar-refractivity contribution is 0.0319. The first kappa shape index (κ1) is 15.9. The molecule has 24 heavy (non-hydrogen) atoms. The van der Waals surface area contributed by atoms with Gasteiger partial charge in [0.25, 0.3) is 0 Å². The maximum absolute atomic E-state index is 12.5. The van der Waals surface area contributed by atoms with Crippen LogP contribution in [0.1, 0.15) is 50.8 Å². The molecule has 0 saturated heterocycles. The minimum Gasteiger partial charge on any atom is -0.451 e. The number of rotatable bonds is 4. The van der Waals surface area contributed by atoms with Crippen LogP contribution in [0, 0.1) is 11.3 Å². The lowest BCUT2D eigenvalue weighted by Gasteiger charge is -2.13. The van der Waals surface area contributed by atoms with Gasteiger partial charge in [0, 0.05) is 5.56 Å². The quantitative estimate of drug-likeness (QED) is 0.639. The molecule has 0 amide bonds. The number of hydrogen-bond donors (Lipinski definition) is 0. The topological polar surface area (TPSA) is 67.2 Å². The molecule has 1 aliphatic rings. The number of fused-ring (bicyclic) bond motifs is 1. The number of nitriles is 1. The molecule has 2 aromatic carbocycles. The van der Waals surface area contributed by atoms with Crippen LogP contribution in [0.15, 0.2) is 42.5 Å². The number of esters is 1. The van der Waals surface area contributed by atoms with Gasteiger partial charge in [-0.2, -0.15) is 5.26 Å². The molecule has 120 valence electrons. The minimum atomic E-state index is -0.873. The van der Waals surface area contributed by atoms with Crippen molar-refractivity contribution in [1.29, 1.82) is 5.26 Å². The van der Waals surface area contributed by atoms with E-state index in [0.29, 0.717) is 11.1 Å². The Morgan fingerprint density at radius 1 is 1.08 bits per heavy atom. The van der Waals surface area contributed by atoms with Gasteiger partial charge in [-0.3, -0.25) is 4.79 Å². The van der Waals surface area contributed by atoms with E-state index in [2.05, 4.69) is 0 Å². The largest absolute Gasteiger partial charge is 0.451 e. The third-order valence-corrected chi connectivity index (χ3v) is 4.26. The highest BCUT2D eigenvalue weighted by molar-refractivity contribution is 6.01. The number of aryl methyl sites for hydroxylation is 2. The number of carbonyl (C=O) groups excluding carboxylic acids is 2. The van der Waals surface area contributed by atoms with Crippen LogP contribution in [0.4, 0.5) is 0 Å². The molecule has 0 radical (unpaired) electrons. The van der Waals surface area contributed by atoms with Crippen molar-refractivity contribution in [3.05, 3.63) is 70.3 Å². The average molecular weight is 319 g/mol. The van der Waals surface area contributed by atoms with E-state index >= 15 is 0 Å². The van der Waals surface area contributed by atoms with Gasteiger partial charge in [0.2, 0.25) is 5.78 Å². The Bertz CT molecular complexity index is 848. The molecular weight excluding hydrogens is 302 g/mol. The Balaban J connectivity index is 1.72. The van der Waals surface area contributed by atoms with Gasteiger partial charge in [-0.15, -0.1) is 0 Å². The Morgan fingerprint density at radius 2 is 1.88 bits per heavy atom. The van der Waals surface area contributed by atoms with Crippen molar-refractivity contribution in [2.45, 2.75) is 32.3 Å². The zero-order valence-corrected chi connectivity index (χ0v) is 13.4. The molecule has 0 fully saturated rings. The second-order valence-electron chi connectivity index (χ2n) is 5.94. The van der Waals surface area contributed by atoms with Gasteiger partial charge in [0.05, 0.1) is 17.2 Å². The van der Waals surface area contributed by atoms with Crippen LogP contribution in [0.2, 0.25) is 0 Å². The van der Waals surface area contributed by atoms with Crippen LogP contribution in [-0.4, -0.2) is 17.9 Å². The Hall–Kier alpha value is -2.93. The van der Waals surface area contributed by atoms with E-state index in [1.165, 1.54) is 17.2 Å². The van der Waals surface area contributed by atoms with Gasteiger partial charge in [0.1, 0.15) is 0 Å². The normalized spacial score (nSPS) is 13.7. The highest BCUT2D eigenvalue weighted by atomic mass is 16.5. The second-order valence-corrected chi connectivity index (χ2v) is 5.94. The molecule has 3 rings (SSSR count). The fraction of sp³-hybridized carbons (Fsp3) is 0.250. The van der Waals surface area contributed by atoms with Crippen molar-refractivity contribution in [2.24, 2.45) is 0 Å². The SMILES string of the molecule is CC(OC(=O)c1cccc(C#N)c1)C(=O)c1ccc2c(c1)CCC2. The maximum atomic E-state index is 12.5. The lowest BCUT2D eigenvalue weighted by atomic mass is 10.0. The molecule has 1 unspecified atom stereocenters. The number of Topliss-reactive ketones (excluding diaryl/α,β-unsaturated/α-hetero) is 1. The van der Waals surface area contributed by atoms with E-state index in [1.54, 1.807) is 31.2 Å². The van der Waals surface area contributed by atoms with Gasteiger partial charge in [-0.1, -0.05) is 18.2 Å². The summed E-state index contributed by atoms with van der Waals surface area (Å²) in [6, 6.07) is 13.9. The first-order chi connectivity index (χ1) is 11.6. The fourth-order valence-electron chi connectivity index (χ4n) is 2.96. The molecule has 0 saturated carbocycles. The lowest BCUT2D eigenvalue weighted by Crippen LogP contribution is -2.24. The number of nitrogens with zero attached hydrogens (tertiary/aromatic N) is 1. The van der Waals surface area contributed by atoms with Gasteiger partial charge in [-0.05, 0) is 61.6 Å². The maximum Gasteiger partial charge on any atom is 0.338 e. The highest BCUT2D eigenvalue weighted by Crippen LogP contribution is 2.23. The average Bonchev–Trinajstić information content (AvgIpc) is 3.08. The van der Waals surface area contributed by atoms with Crippen LogP contribution in [0.5, 0.6) is 0 Å². The molecule has 2 aromatic rings. The van der Waals surface area contributed by atoms with Crippen molar-refractivity contribution >= 4 is 11.8 Å². The molecule has 1 atom stereocenters. The molecule has 0 spiro atoms. The predicted octanol–water partition coefficient (Wildman–Crippen LogP) is 3.48. The zero-order valence-electron chi connectivity index (χ0n) is 13.4. The molecular formula is C20H17NO3. The Morgan fingerprint density at radius 3 is 2.67 bits per heavy atom. The van der Waals surface area contributed by atoms with Gasteiger partial charge >= 0.3 is 5.97 Å². The predicted molar refractivity (Wildman–Crippen MR) is 88.8 cm³/mol. The summed E-state index contributed by atoms with van der Waals surface area (Å²) in [7, 11) is 0. The van der Waals surface area contributed by atoms with Crippen LogP contribution in [0.25, 0.3) is 0 Å². The first-order valence-corrected chi connectivity index (χ1v) is 7.95. The van der Waals surface area contributed by atoms with E-state index in [4.69, 9.17) is 10.00 Å². The minimum absolute atomic E-state index is 0.213. The van der Waals surface area contributed by atoms with Gasteiger partial charge in [-0.25, -0.2) is 4.79 Å². The molecule has 0 heterocycles. The molecule has 0 aromatic heterocycles. The first-order valence-electron chi connectivity index (χ1n) is 7.95. The fourth-order valence-corrected chi connectivity index (χ4v) is 2.96. The molecule has 4 heteroatoms. The number of hydrogen-bond acceptors (Lipinski definition) is 4. The van der Waals surface area contributed by atoms with E-state index in [-0.39, 0.29) is 11.3 Å². The van der Waals surface area contributed by atoms with E-state index in [1.807, 2.05) is 18.2 Å². The highest BCUT2D eigenvalue weighted by Gasteiger charge is 2.22. The third-order valence-electron chi connectivity index (χ3n) is 4.26. The molecule has 1 aliphatic carbocycles. The molecule has 4 nitrogen and oxygen atoms in total. The summed E-state index contributed by atoms with van der Waals surface area (Å²) in [5, 5.41) is 8.88. The third kappa shape index (κ3) is 3.21. The second kappa shape index (κ2) is 6.67. The van der Waals surface area contributed by atoms with Gasteiger partial charge < -0.3 is 4.74 Å². The summed E-state index contributed by atoms with van der Waals surface area (Å²) in [6.45, 7) is 1.57. The summed E-state index contributed by atoms with van der Waals surface area (Å²) in [6.07, 6.45) is 2.30. The van der Waals surface area contributed by atoms with Crippen LogP contribution in [-0.2, 0) is 17.6 Å². The van der Waals surface area contributed by atoms with Crippen molar-refractivity contribution in [2.75, 3.05) is 0 Å². The summed E-state index contributed by atoms with van der Waals surface area (Å²) in [5.41, 5.74) is 3.72. The summed E-state index contributed by atoms with van der Waals surface area (Å²) in [4.78, 5) is 24.7. The van der Waals surface area contributed by atoms with E-state index in [0.717, 1.165) is 19.3 Å². The summed E-state index contributed by atoms with van der Waals surface area (Å²) in [5.74, 6) is -0.816. The number of ketones is 1. The zero-order chi connectivity index (χ0) is 17.1. The van der Waals surface area contributed by atoms with Crippen molar-refractivity contribution < 1.29 is 14.3 Å². The summed E-state index contributed by atoms with van der Waals surface area (Å²) < 4.78 is 5.27. The van der Waals surface area contributed by atoms with Gasteiger partial charge in [0.15, 0.2) is 6.10 Å². The number of benzene rings is 2. The van der Waals surface area contributed by atoms with Crippen LogP contribution < -0.4 is 0 Å². The van der Waals surface area contributed by atoms with Crippen molar-refractivity contribution in [1.82, 2.24) is 0 Å². The Kier molecular flexibility index (Phi) is 4.43. The monoisotopic (exact) mass is 319 g/mol. The molecule has 0 aliphatic heterocycles. The van der Waals surface area contributed by atoms with E-state index < -0.39 is 12.1 Å². The smallest absolute Gasteiger partial charge is 0.338 e. The van der Waals surface area contributed by atoms with Crippen LogP contribution >= 0.6 is 0 Å². The Labute approximate surface area is 140 Å². The van der Waals surface area contributed by atoms with E-state index in [9.17, 15) is 9.59 Å². The number of ether oxygens (including phenoxy) is 1. The standard InChI is InChI=1S/C20H17NO3/c1-13(24-20(23)18-7-2-4-14(10-18)12-21)19(22)17-9-8-15-5-3-6-16(15)11-17/h2,4,7-11,13H,3,5-6H2,1H3. The van der Waals surface area contributed by atoms with Crippen molar-refractivity contribution in [3.63, 3.8) is 0 Å². The van der Waals surface area contributed by atoms with Crippen molar-refractivity contribution in [3.8, 4) is 6.07 Å². The van der Waals surface area contributed by atoms with Crippen LogP contribution in [0.3, 0.4) is 0 Å². The molecule has 0 bridgehead atoms.